The smallest absolute Gasteiger partial charge is 0.187 e. The summed E-state index contributed by atoms with van der Waals surface area (Å²) in [5.41, 5.74) is 1.39. The molecule has 1 aromatic heterocycles. The molecule has 8 heteroatoms. The number of carbonyl (C=O) groups excluding carboxylic acids is 2. The highest BCUT2D eigenvalue weighted by Gasteiger charge is 2.13. The average Bonchev–Trinajstić information content (AvgIpc) is 2.38. The van der Waals surface area contributed by atoms with Gasteiger partial charge in [0, 0.05) is 6.20 Å². The second kappa shape index (κ2) is 8.03. The molecule has 1 heterocycles. The van der Waals surface area contributed by atoms with E-state index in [-0.39, 0.29) is 18.9 Å². The first kappa shape index (κ1) is 17.5. The number of hydrogen-bond donors (Lipinski definition) is 0. The van der Waals surface area contributed by atoms with Gasteiger partial charge in [0.1, 0.15) is 12.0 Å². The van der Waals surface area contributed by atoms with E-state index in [4.69, 9.17) is 46.4 Å². The number of alkyl halides is 4. The molecule has 4 nitrogen and oxygen atoms in total. The molecule has 0 bridgehead atoms. The number of rotatable bonds is 6. The van der Waals surface area contributed by atoms with Crippen molar-refractivity contribution in [1.29, 1.82) is 0 Å². The molecule has 0 N–H and O–H groups in total. The summed E-state index contributed by atoms with van der Waals surface area (Å²) in [5, 5.41) is 0. The molecule has 20 heavy (non-hydrogen) atoms. The largest absolute Gasteiger partial charge is 0.326 e. The lowest BCUT2D eigenvalue weighted by atomic mass is 10.3. The second-order valence-electron chi connectivity index (χ2n) is 4.04. The van der Waals surface area contributed by atoms with E-state index in [1.54, 1.807) is 22.9 Å². The normalized spacial score (nSPS) is 12.2. The molecule has 0 aliphatic heterocycles. The third-order valence-corrected chi connectivity index (χ3v) is 3.35. The highest BCUT2D eigenvalue weighted by Crippen LogP contribution is 2.05. The predicted octanol–water partition coefficient (Wildman–Crippen LogP) is 2.44. The summed E-state index contributed by atoms with van der Waals surface area (Å²) >= 11 is 21.9. The number of pyridine rings is 1. The fourth-order valence-electron chi connectivity index (χ4n) is 1.35. The van der Waals surface area contributed by atoms with Crippen LogP contribution in [0.5, 0.6) is 0 Å². The van der Waals surface area contributed by atoms with Crippen LogP contribution in [0.4, 0.5) is 0 Å². The van der Waals surface area contributed by atoms with E-state index in [0.717, 1.165) is 5.56 Å². The average molecular weight is 358 g/mol. The Labute approximate surface area is 136 Å². The van der Waals surface area contributed by atoms with Crippen LogP contribution < -0.4 is 5.49 Å². The van der Waals surface area contributed by atoms with Crippen molar-refractivity contribution >= 4 is 58.0 Å². The highest BCUT2D eigenvalue weighted by atomic mass is 35.5. The first-order valence-electron chi connectivity index (χ1n) is 5.60. The number of ketones is 2. The lowest BCUT2D eigenvalue weighted by molar-refractivity contribution is -0.118. The van der Waals surface area contributed by atoms with Gasteiger partial charge in [-0.3, -0.25) is 14.6 Å². The quantitative estimate of drug-likeness (QED) is 0.734. The van der Waals surface area contributed by atoms with E-state index in [2.05, 4.69) is 4.99 Å². The maximum atomic E-state index is 11.6. The lowest BCUT2D eigenvalue weighted by Crippen LogP contribution is -2.28. The van der Waals surface area contributed by atoms with E-state index in [9.17, 15) is 9.59 Å². The van der Waals surface area contributed by atoms with E-state index in [1.807, 2.05) is 6.92 Å². The Morgan fingerprint density at radius 3 is 2.35 bits per heavy atom. The summed E-state index contributed by atoms with van der Waals surface area (Å²) in [6, 6.07) is 3.53. The van der Waals surface area contributed by atoms with Gasteiger partial charge in [0.2, 0.25) is 0 Å². The number of nitrogens with zero attached hydrogens (tertiary/aromatic N) is 2. The van der Waals surface area contributed by atoms with Crippen molar-refractivity contribution in [3.63, 3.8) is 0 Å². The van der Waals surface area contributed by atoms with E-state index in [0.29, 0.717) is 5.49 Å². The van der Waals surface area contributed by atoms with Crippen molar-refractivity contribution in [2.24, 2.45) is 4.99 Å². The molecule has 0 saturated carbocycles. The van der Waals surface area contributed by atoms with Gasteiger partial charge in [0.05, 0.1) is 6.54 Å². The van der Waals surface area contributed by atoms with Gasteiger partial charge >= 0.3 is 0 Å². The van der Waals surface area contributed by atoms with Crippen molar-refractivity contribution in [3.8, 4) is 0 Å². The molecule has 0 spiro atoms. The Morgan fingerprint density at radius 1 is 1.20 bits per heavy atom. The molecule has 0 atom stereocenters. The molecule has 0 aliphatic rings. The minimum Gasteiger partial charge on any atom is -0.326 e. The van der Waals surface area contributed by atoms with Crippen LogP contribution in [0.1, 0.15) is 5.56 Å². The van der Waals surface area contributed by atoms with Crippen molar-refractivity contribution in [2.75, 3.05) is 6.54 Å². The third-order valence-electron chi connectivity index (χ3n) is 2.38. The van der Waals surface area contributed by atoms with Crippen LogP contribution in [0.2, 0.25) is 0 Å². The van der Waals surface area contributed by atoms with Crippen LogP contribution in [0, 0.1) is 6.92 Å². The van der Waals surface area contributed by atoms with E-state index >= 15 is 0 Å². The predicted molar refractivity (Wildman–Crippen MR) is 80.6 cm³/mol. The van der Waals surface area contributed by atoms with Gasteiger partial charge in [0.25, 0.3) is 0 Å². The molecule has 0 fully saturated rings. The molecule has 1 rings (SSSR count). The third kappa shape index (κ3) is 5.44. The maximum absolute atomic E-state index is 11.6. The van der Waals surface area contributed by atoms with E-state index in [1.165, 1.54) is 0 Å². The van der Waals surface area contributed by atoms with Crippen molar-refractivity contribution in [3.05, 3.63) is 29.4 Å². The summed E-state index contributed by atoms with van der Waals surface area (Å²) in [4.78, 5) is 24.8. The number of aromatic nitrogens is 1. The van der Waals surface area contributed by atoms with Gasteiger partial charge in [-0.05, 0) is 24.6 Å². The zero-order valence-corrected chi connectivity index (χ0v) is 13.5. The Hall–Kier alpha value is -0.550. The van der Waals surface area contributed by atoms with Gasteiger partial charge in [-0.15, -0.1) is 0 Å². The second-order valence-corrected chi connectivity index (χ2v) is 6.23. The number of Topliss-reactive ketones (excluding diaryl/α,β-unsaturated/α-hetero) is 2. The van der Waals surface area contributed by atoms with Crippen LogP contribution in [0.25, 0.3) is 0 Å². The Morgan fingerprint density at radius 2 is 1.80 bits per heavy atom. The van der Waals surface area contributed by atoms with Crippen LogP contribution in [0.15, 0.2) is 23.3 Å². The highest BCUT2D eigenvalue weighted by molar-refractivity contribution is 6.54. The van der Waals surface area contributed by atoms with Gasteiger partial charge in [-0.2, -0.15) is 0 Å². The van der Waals surface area contributed by atoms with Crippen molar-refractivity contribution in [2.45, 2.75) is 23.1 Å². The summed E-state index contributed by atoms with van der Waals surface area (Å²) in [6.45, 7) is 1.67. The minimum atomic E-state index is -1.12. The zero-order chi connectivity index (χ0) is 15.3. The van der Waals surface area contributed by atoms with Crippen LogP contribution in [0.3, 0.4) is 0 Å². The summed E-state index contributed by atoms with van der Waals surface area (Å²) in [6.07, 6.45) is 1.67. The SMILES string of the molecule is Cc1ccn(CC(=O)C(Cl)Cl)c(=NCC(=O)C(Cl)Cl)c1. The van der Waals surface area contributed by atoms with Crippen molar-refractivity contribution in [1.82, 2.24) is 4.57 Å². The van der Waals surface area contributed by atoms with Crippen LogP contribution in [-0.4, -0.2) is 32.4 Å². The van der Waals surface area contributed by atoms with Gasteiger partial charge < -0.3 is 4.57 Å². The number of hydrogen-bond acceptors (Lipinski definition) is 3. The molecule has 0 amide bonds. The monoisotopic (exact) mass is 356 g/mol. The van der Waals surface area contributed by atoms with Crippen LogP contribution in [-0.2, 0) is 16.1 Å². The first-order chi connectivity index (χ1) is 9.31. The van der Waals surface area contributed by atoms with Crippen molar-refractivity contribution < 1.29 is 9.59 Å². The summed E-state index contributed by atoms with van der Waals surface area (Å²) in [7, 11) is 0. The number of aryl methyl sites for hydroxylation is 1. The lowest BCUT2D eigenvalue weighted by Gasteiger charge is -2.08. The fraction of sp³-hybridized carbons (Fsp3) is 0.417. The fourth-order valence-corrected chi connectivity index (χ4v) is 1.63. The molecule has 110 valence electrons. The molecule has 0 aliphatic carbocycles. The maximum Gasteiger partial charge on any atom is 0.187 e. The molecule has 1 aromatic rings. The standard InChI is InChI=1S/C12H12Cl4N2O2/c1-7-2-3-18(6-9(20)12(15)16)10(4-7)17-5-8(19)11(13)14/h2-4,11-12H,5-6H2,1H3. The first-order valence-corrected chi connectivity index (χ1v) is 7.35. The minimum absolute atomic E-state index is 0.0316. The summed E-state index contributed by atoms with van der Waals surface area (Å²) < 4.78 is 1.55. The number of carbonyl (C=O) groups is 2. The zero-order valence-electron chi connectivity index (χ0n) is 10.5. The summed E-state index contributed by atoms with van der Waals surface area (Å²) in [5.74, 6) is -0.780. The Bertz CT molecular complexity index is 567. The molecule has 0 unspecified atom stereocenters. The van der Waals surface area contributed by atoms with Gasteiger partial charge in [-0.1, -0.05) is 46.4 Å². The van der Waals surface area contributed by atoms with E-state index < -0.39 is 15.5 Å². The Balaban J connectivity index is 3.04. The van der Waals surface area contributed by atoms with Gasteiger partial charge in [0.15, 0.2) is 21.2 Å². The Kier molecular flexibility index (Phi) is 7.03. The molecule has 0 radical (unpaired) electrons. The molecular formula is C12H12Cl4N2O2. The van der Waals surface area contributed by atoms with Gasteiger partial charge in [-0.25, -0.2) is 0 Å². The number of halogens is 4. The van der Waals surface area contributed by atoms with Crippen LogP contribution >= 0.6 is 46.4 Å². The molecule has 0 aromatic carbocycles. The molecule has 0 saturated heterocycles. The molecular weight excluding hydrogens is 346 g/mol. The topological polar surface area (TPSA) is 51.4 Å².